The van der Waals surface area contributed by atoms with Crippen molar-refractivity contribution in [2.45, 2.75) is 39.9 Å². The van der Waals surface area contributed by atoms with Gasteiger partial charge in [0.1, 0.15) is 6.54 Å². The summed E-state index contributed by atoms with van der Waals surface area (Å²) in [5.41, 5.74) is -0.897. The van der Waals surface area contributed by atoms with Crippen molar-refractivity contribution in [1.29, 1.82) is 0 Å². The molecule has 0 fully saturated rings. The lowest BCUT2D eigenvalue weighted by Crippen LogP contribution is -2.44. The third kappa shape index (κ3) is 2.88. The summed E-state index contributed by atoms with van der Waals surface area (Å²) >= 11 is 0. The van der Waals surface area contributed by atoms with Crippen LogP contribution in [0.2, 0.25) is 0 Å². The Morgan fingerprint density at radius 3 is 2.50 bits per heavy atom. The van der Waals surface area contributed by atoms with Gasteiger partial charge in [0.15, 0.2) is 0 Å². The van der Waals surface area contributed by atoms with Crippen molar-refractivity contribution in [2.24, 2.45) is 0 Å². The molecule has 1 heterocycles. The molecule has 0 saturated carbocycles. The van der Waals surface area contributed by atoms with Crippen molar-refractivity contribution in [3.05, 3.63) is 33.1 Å². The number of aryl methyl sites for hydroxylation is 1. The molecule has 0 aromatic carbocycles. The Bertz CT molecular complexity index is 542. The minimum Gasteiger partial charge on any atom is -0.342 e. The fraction of sp³-hybridized carbons (Fsp3) is 0.583. The Labute approximate surface area is 105 Å². The summed E-state index contributed by atoms with van der Waals surface area (Å²) in [6, 6.07) is 1.33. The smallest absolute Gasteiger partial charge is 0.331 e. The number of carbonyl (C=O) groups is 1. The van der Waals surface area contributed by atoms with Crippen molar-refractivity contribution >= 4 is 5.91 Å². The van der Waals surface area contributed by atoms with Crippen molar-refractivity contribution in [1.82, 2.24) is 14.0 Å². The molecule has 1 aromatic rings. The van der Waals surface area contributed by atoms with Crippen molar-refractivity contribution in [3.8, 4) is 0 Å². The molecule has 1 aromatic heterocycles. The highest BCUT2D eigenvalue weighted by Gasteiger charge is 2.15. The summed E-state index contributed by atoms with van der Waals surface area (Å²) in [4.78, 5) is 36.9. The third-order valence-electron chi connectivity index (χ3n) is 2.94. The van der Waals surface area contributed by atoms with Gasteiger partial charge in [0.2, 0.25) is 5.91 Å². The number of rotatable bonds is 4. The largest absolute Gasteiger partial charge is 0.342 e. The van der Waals surface area contributed by atoms with E-state index in [1.807, 2.05) is 13.8 Å². The molecule has 0 aliphatic heterocycles. The zero-order valence-electron chi connectivity index (χ0n) is 11.2. The molecule has 0 atom stereocenters. The van der Waals surface area contributed by atoms with E-state index in [0.717, 1.165) is 4.57 Å². The van der Waals surface area contributed by atoms with Crippen LogP contribution in [0.25, 0.3) is 0 Å². The number of aromatic nitrogens is 2. The molecule has 100 valence electrons. The zero-order valence-corrected chi connectivity index (χ0v) is 11.2. The molecule has 6 nitrogen and oxygen atoms in total. The molecule has 1 amide bonds. The molecule has 0 N–H and O–H groups in total. The number of amides is 1. The lowest BCUT2D eigenvalue weighted by molar-refractivity contribution is -0.132. The van der Waals surface area contributed by atoms with Crippen LogP contribution in [-0.2, 0) is 17.9 Å². The first kappa shape index (κ1) is 14.2. The molecule has 0 saturated heterocycles. The van der Waals surface area contributed by atoms with Crippen LogP contribution in [0.1, 0.15) is 20.8 Å². The van der Waals surface area contributed by atoms with Crippen LogP contribution in [0.15, 0.2) is 21.9 Å². The van der Waals surface area contributed by atoms with Crippen molar-refractivity contribution in [3.63, 3.8) is 0 Å². The molecule has 6 heteroatoms. The molecular weight excluding hydrogens is 234 g/mol. The van der Waals surface area contributed by atoms with E-state index in [4.69, 9.17) is 0 Å². The first-order valence-electron chi connectivity index (χ1n) is 5.94. The summed E-state index contributed by atoms with van der Waals surface area (Å²) in [5.74, 6) is -0.252. The number of carbonyl (C=O) groups excluding carboxylic acids is 1. The minimum absolute atomic E-state index is 0.0327. The van der Waals surface area contributed by atoms with E-state index in [-0.39, 0.29) is 18.5 Å². The van der Waals surface area contributed by atoms with Crippen molar-refractivity contribution in [2.75, 3.05) is 7.05 Å². The third-order valence-corrected chi connectivity index (χ3v) is 2.94. The topological polar surface area (TPSA) is 64.3 Å². The van der Waals surface area contributed by atoms with E-state index in [2.05, 4.69) is 0 Å². The van der Waals surface area contributed by atoms with E-state index in [1.165, 1.54) is 21.7 Å². The van der Waals surface area contributed by atoms with Gasteiger partial charge in [-0.05, 0) is 20.8 Å². The minimum atomic E-state index is -0.449. The standard InChI is InChI=1S/C12H19N3O3/c1-5-14-7-6-10(16)15(12(14)18)8-11(17)13(4)9(2)3/h6-7,9H,5,8H2,1-4H3. The number of hydrogen-bond donors (Lipinski definition) is 0. The van der Waals surface area contributed by atoms with Gasteiger partial charge in [-0.3, -0.25) is 14.2 Å². The molecule has 0 spiro atoms. The van der Waals surface area contributed by atoms with Gasteiger partial charge in [0.25, 0.3) is 5.56 Å². The van der Waals surface area contributed by atoms with Crippen LogP contribution in [0.5, 0.6) is 0 Å². The normalized spacial score (nSPS) is 10.7. The van der Waals surface area contributed by atoms with Crippen LogP contribution < -0.4 is 11.2 Å². The first-order valence-corrected chi connectivity index (χ1v) is 5.94. The Kier molecular flexibility index (Phi) is 4.47. The quantitative estimate of drug-likeness (QED) is 0.752. The summed E-state index contributed by atoms with van der Waals surface area (Å²) in [6.07, 6.45) is 1.44. The van der Waals surface area contributed by atoms with E-state index in [0.29, 0.717) is 6.54 Å². The fourth-order valence-electron chi connectivity index (χ4n) is 1.48. The SMILES string of the molecule is CCn1ccc(=O)n(CC(=O)N(C)C(C)C)c1=O. The molecule has 0 aliphatic rings. The van der Waals surface area contributed by atoms with Gasteiger partial charge in [-0.2, -0.15) is 0 Å². The van der Waals surface area contributed by atoms with Crippen LogP contribution in [0.3, 0.4) is 0 Å². The highest BCUT2D eigenvalue weighted by Crippen LogP contribution is 1.95. The number of hydrogen-bond acceptors (Lipinski definition) is 3. The maximum Gasteiger partial charge on any atom is 0.331 e. The lowest BCUT2D eigenvalue weighted by atomic mass is 10.3. The highest BCUT2D eigenvalue weighted by atomic mass is 16.2. The predicted molar refractivity (Wildman–Crippen MR) is 68.5 cm³/mol. The van der Waals surface area contributed by atoms with E-state index < -0.39 is 11.2 Å². The van der Waals surface area contributed by atoms with Crippen LogP contribution in [0, 0.1) is 0 Å². The molecule has 0 radical (unpaired) electrons. The maximum atomic E-state index is 11.9. The summed E-state index contributed by atoms with van der Waals surface area (Å²) < 4.78 is 2.36. The Morgan fingerprint density at radius 2 is 2.00 bits per heavy atom. The molecule has 0 unspecified atom stereocenters. The lowest BCUT2D eigenvalue weighted by Gasteiger charge is -2.21. The molecular formula is C12H19N3O3. The van der Waals surface area contributed by atoms with E-state index in [9.17, 15) is 14.4 Å². The second-order valence-electron chi connectivity index (χ2n) is 4.41. The van der Waals surface area contributed by atoms with Crippen LogP contribution >= 0.6 is 0 Å². The van der Waals surface area contributed by atoms with Gasteiger partial charge in [-0.1, -0.05) is 0 Å². The second-order valence-corrected chi connectivity index (χ2v) is 4.41. The summed E-state index contributed by atoms with van der Waals surface area (Å²) in [5, 5.41) is 0. The summed E-state index contributed by atoms with van der Waals surface area (Å²) in [7, 11) is 1.65. The van der Waals surface area contributed by atoms with Gasteiger partial charge >= 0.3 is 5.69 Å². The van der Waals surface area contributed by atoms with E-state index in [1.54, 1.807) is 14.0 Å². The van der Waals surface area contributed by atoms with Crippen LogP contribution in [-0.4, -0.2) is 33.0 Å². The Morgan fingerprint density at radius 1 is 1.39 bits per heavy atom. The monoisotopic (exact) mass is 253 g/mol. The number of nitrogens with zero attached hydrogens (tertiary/aromatic N) is 3. The van der Waals surface area contributed by atoms with Crippen molar-refractivity contribution < 1.29 is 4.79 Å². The average molecular weight is 253 g/mol. The molecule has 0 bridgehead atoms. The molecule has 18 heavy (non-hydrogen) atoms. The van der Waals surface area contributed by atoms with Gasteiger partial charge in [-0.25, -0.2) is 4.79 Å². The van der Waals surface area contributed by atoms with Gasteiger partial charge in [0, 0.05) is 31.9 Å². The average Bonchev–Trinajstić information content (AvgIpc) is 2.33. The molecule has 0 aliphatic carbocycles. The second kappa shape index (κ2) is 5.66. The maximum absolute atomic E-state index is 11.9. The van der Waals surface area contributed by atoms with Gasteiger partial charge < -0.3 is 9.47 Å². The predicted octanol–water partition coefficient (Wildman–Crippen LogP) is -0.103. The zero-order chi connectivity index (χ0) is 13.9. The Hall–Kier alpha value is -1.85. The van der Waals surface area contributed by atoms with Gasteiger partial charge in [-0.15, -0.1) is 0 Å². The van der Waals surface area contributed by atoms with Gasteiger partial charge in [0.05, 0.1) is 0 Å². The molecule has 1 rings (SSSR count). The van der Waals surface area contributed by atoms with Crippen LogP contribution in [0.4, 0.5) is 0 Å². The summed E-state index contributed by atoms with van der Waals surface area (Å²) in [6.45, 7) is 5.80. The van der Waals surface area contributed by atoms with E-state index >= 15 is 0 Å². The number of likely N-dealkylation sites (N-methyl/N-ethyl adjacent to an activating group) is 1. The highest BCUT2D eigenvalue weighted by molar-refractivity contribution is 5.75. The Balaban J connectivity index is 3.09. The fourth-order valence-corrected chi connectivity index (χ4v) is 1.48. The first-order chi connectivity index (χ1) is 8.38.